The van der Waals surface area contributed by atoms with Crippen LogP contribution in [0.25, 0.3) is 0 Å². The zero-order valence-corrected chi connectivity index (χ0v) is 13.2. The Bertz CT molecular complexity index is 538. The molecule has 2 atom stereocenters. The van der Waals surface area contributed by atoms with E-state index in [4.69, 9.17) is 0 Å². The Morgan fingerprint density at radius 1 is 0.952 bits per heavy atom. The fourth-order valence-electron chi connectivity index (χ4n) is 2.89. The molecular weight excluding hydrogens is 258 g/mol. The molecule has 0 aromatic heterocycles. The van der Waals surface area contributed by atoms with Gasteiger partial charge in [-0.2, -0.15) is 0 Å². The first-order valence-electron chi connectivity index (χ1n) is 7.49. The van der Waals surface area contributed by atoms with Crippen molar-refractivity contribution < 1.29 is 5.11 Å². The Balaban J connectivity index is 2.34. The van der Waals surface area contributed by atoms with E-state index in [2.05, 4.69) is 24.0 Å². The van der Waals surface area contributed by atoms with E-state index in [1.54, 1.807) is 0 Å². The molecule has 0 fully saturated rings. The van der Waals surface area contributed by atoms with Gasteiger partial charge in [0.25, 0.3) is 0 Å². The predicted octanol–water partition coefficient (Wildman–Crippen LogP) is 3.31. The van der Waals surface area contributed by atoms with Gasteiger partial charge in [-0.3, -0.25) is 0 Å². The van der Waals surface area contributed by atoms with Gasteiger partial charge in [0.1, 0.15) is 0 Å². The average molecular weight is 283 g/mol. The average Bonchev–Trinajstić information content (AvgIpc) is 2.48. The van der Waals surface area contributed by atoms with Crippen LogP contribution >= 0.6 is 0 Å². The van der Waals surface area contributed by atoms with Crippen molar-refractivity contribution >= 4 is 0 Å². The van der Waals surface area contributed by atoms with Crippen molar-refractivity contribution in [3.63, 3.8) is 0 Å². The Kier molecular flexibility index (Phi) is 5.16. The van der Waals surface area contributed by atoms with E-state index in [1.807, 2.05) is 62.6 Å². The molecule has 112 valence electrons. The minimum absolute atomic E-state index is 0.134. The smallest absolute Gasteiger partial charge is 0.0974 e. The van der Waals surface area contributed by atoms with Gasteiger partial charge in [-0.05, 0) is 25.2 Å². The van der Waals surface area contributed by atoms with Crippen LogP contribution in [0.15, 0.2) is 60.7 Å². The normalized spacial score (nSPS) is 15.7. The first-order chi connectivity index (χ1) is 10.0. The molecule has 2 nitrogen and oxygen atoms in total. The maximum Gasteiger partial charge on any atom is 0.0974 e. The maximum atomic E-state index is 11.4. The Hall–Kier alpha value is -1.64. The summed E-state index contributed by atoms with van der Waals surface area (Å²) in [7, 11) is 4.09. The first-order valence-corrected chi connectivity index (χ1v) is 7.49. The second-order valence-electron chi connectivity index (χ2n) is 6.12. The van der Waals surface area contributed by atoms with Gasteiger partial charge in [0.05, 0.1) is 5.60 Å². The SMILES string of the molecule is C[C@H](CN(C)C)C(O)(Cc1ccccc1)c1ccccc1. The van der Waals surface area contributed by atoms with E-state index in [0.29, 0.717) is 6.42 Å². The molecule has 0 aliphatic rings. The Morgan fingerprint density at radius 2 is 1.48 bits per heavy atom. The number of aliphatic hydroxyl groups is 1. The topological polar surface area (TPSA) is 23.5 Å². The van der Waals surface area contributed by atoms with E-state index < -0.39 is 5.60 Å². The van der Waals surface area contributed by atoms with Crippen LogP contribution in [0.4, 0.5) is 0 Å². The first kappa shape index (κ1) is 15.7. The van der Waals surface area contributed by atoms with Gasteiger partial charge in [0.2, 0.25) is 0 Å². The van der Waals surface area contributed by atoms with Gasteiger partial charge in [-0.15, -0.1) is 0 Å². The highest BCUT2D eigenvalue weighted by Gasteiger charge is 2.35. The summed E-state index contributed by atoms with van der Waals surface area (Å²) in [6, 6.07) is 20.2. The van der Waals surface area contributed by atoms with Crippen LogP contribution in [-0.2, 0) is 12.0 Å². The van der Waals surface area contributed by atoms with Gasteiger partial charge in [0, 0.05) is 18.9 Å². The van der Waals surface area contributed by atoms with Gasteiger partial charge < -0.3 is 10.0 Å². The van der Waals surface area contributed by atoms with Crippen molar-refractivity contribution in [1.29, 1.82) is 0 Å². The lowest BCUT2D eigenvalue weighted by atomic mass is 9.77. The summed E-state index contributed by atoms with van der Waals surface area (Å²) in [6.45, 7) is 2.97. The lowest BCUT2D eigenvalue weighted by molar-refractivity contribution is -0.0254. The van der Waals surface area contributed by atoms with Crippen LogP contribution in [-0.4, -0.2) is 30.6 Å². The number of rotatable bonds is 6. The van der Waals surface area contributed by atoms with Gasteiger partial charge >= 0.3 is 0 Å². The van der Waals surface area contributed by atoms with Gasteiger partial charge in [0.15, 0.2) is 0 Å². The number of hydrogen-bond acceptors (Lipinski definition) is 2. The lowest BCUT2D eigenvalue weighted by Gasteiger charge is -2.36. The quantitative estimate of drug-likeness (QED) is 0.879. The third kappa shape index (κ3) is 3.93. The van der Waals surface area contributed by atoms with E-state index in [1.165, 1.54) is 0 Å². The molecule has 1 unspecified atom stereocenters. The van der Waals surface area contributed by atoms with Crippen molar-refractivity contribution in [2.75, 3.05) is 20.6 Å². The van der Waals surface area contributed by atoms with Crippen LogP contribution in [0.3, 0.4) is 0 Å². The second-order valence-corrected chi connectivity index (χ2v) is 6.12. The maximum absolute atomic E-state index is 11.4. The minimum atomic E-state index is -0.854. The molecule has 0 bridgehead atoms. The zero-order valence-electron chi connectivity index (χ0n) is 13.2. The highest BCUT2D eigenvalue weighted by Crippen LogP contribution is 2.33. The Labute approximate surface area is 128 Å². The number of benzene rings is 2. The molecule has 0 radical (unpaired) electrons. The van der Waals surface area contributed by atoms with Crippen molar-refractivity contribution in [3.05, 3.63) is 71.8 Å². The van der Waals surface area contributed by atoms with Crippen LogP contribution < -0.4 is 0 Å². The largest absolute Gasteiger partial charge is 0.384 e. The van der Waals surface area contributed by atoms with E-state index in [0.717, 1.165) is 17.7 Å². The third-order valence-corrected chi connectivity index (χ3v) is 4.04. The summed E-state index contributed by atoms with van der Waals surface area (Å²) in [4.78, 5) is 2.13. The van der Waals surface area contributed by atoms with Gasteiger partial charge in [-0.1, -0.05) is 67.6 Å². The van der Waals surface area contributed by atoms with Gasteiger partial charge in [-0.25, -0.2) is 0 Å². The molecule has 2 rings (SSSR count). The van der Waals surface area contributed by atoms with E-state index >= 15 is 0 Å². The summed E-state index contributed by atoms with van der Waals surface area (Å²) in [5.41, 5.74) is 1.30. The summed E-state index contributed by atoms with van der Waals surface area (Å²) in [5, 5.41) is 11.4. The molecule has 2 heteroatoms. The molecule has 0 amide bonds. The Morgan fingerprint density at radius 3 is 2.00 bits per heavy atom. The molecule has 0 saturated carbocycles. The summed E-state index contributed by atoms with van der Waals surface area (Å²) >= 11 is 0. The zero-order chi connectivity index (χ0) is 15.3. The summed E-state index contributed by atoms with van der Waals surface area (Å²) in [5.74, 6) is 0.134. The fourth-order valence-corrected chi connectivity index (χ4v) is 2.89. The van der Waals surface area contributed by atoms with Crippen LogP contribution in [0.1, 0.15) is 18.1 Å². The van der Waals surface area contributed by atoms with E-state index in [-0.39, 0.29) is 5.92 Å². The van der Waals surface area contributed by atoms with E-state index in [9.17, 15) is 5.11 Å². The van der Waals surface area contributed by atoms with Crippen molar-refractivity contribution in [1.82, 2.24) is 4.90 Å². The standard InChI is InChI=1S/C19H25NO/c1-16(15-20(2)3)19(21,18-12-8-5-9-13-18)14-17-10-6-4-7-11-17/h4-13,16,21H,14-15H2,1-3H3/t16-,19?/m1/s1. The fraction of sp³-hybridized carbons (Fsp3) is 0.368. The number of nitrogens with zero attached hydrogens (tertiary/aromatic N) is 1. The molecule has 0 spiro atoms. The molecule has 0 heterocycles. The predicted molar refractivity (Wildman–Crippen MR) is 88.2 cm³/mol. The molecule has 2 aromatic rings. The van der Waals surface area contributed by atoms with Crippen molar-refractivity contribution in [2.24, 2.45) is 5.92 Å². The second kappa shape index (κ2) is 6.88. The third-order valence-electron chi connectivity index (χ3n) is 4.04. The molecule has 2 aromatic carbocycles. The highest BCUT2D eigenvalue weighted by atomic mass is 16.3. The monoisotopic (exact) mass is 283 g/mol. The summed E-state index contributed by atoms with van der Waals surface area (Å²) < 4.78 is 0. The summed E-state index contributed by atoms with van der Waals surface area (Å²) in [6.07, 6.45) is 0.632. The van der Waals surface area contributed by atoms with Crippen LogP contribution in [0, 0.1) is 5.92 Å². The molecule has 1 N–H and O–H groups in total. The van der Waals surface area contributed by atoms with Crippen LogP contribution in [0.2, 0.25) is 0 Å². The molecule has 21 heavy (non-hydrogen) atoms. The molecular formula is C19H25NO. The molecule has 0 saturated heterocycles. The number of hydrogen-bond donors (Lipinski definition) is 1. The highest BCUT2D eigenvalue weighted by molar-refractivity contribution is 5.27. The minimum Gasteiger partial charge on any atom is -0.384 e. The lowest BCUT2D eigenvalue weighted by Crippen LogP contribution is -2.41. The van der Waals surface area contributed by atoms with Crippen molar-refractivity contribution in [2.45, 2.75) is 18.9 Å². The van der Waals surface area contributed by atoms with Crippen LogP contribution in [0.5, 0.6) is 0 Å². The van der Waals surface area contributed by atoms with Crippen molar-refractivity contribution in [3.8, 4) is 0 Å². The molecule has 0 aliphatic carbocycles. The molecule has 0 aliphatic heterocycles.